The van der Waals surface area contributed by atoms with E-state index in [-0.39, 0.29) is 11.9 Å². The van der Waals surface area contributed by atoms with Crippen LogP contribution in [0.1, 0.15) is 32.8 Å². The van der Waals surface area contributed by atoms with E-state index in [1.54, 1.807) is 6.07 Å². The zero-order valence-corrected chi connectivity index (χ0v) is 13.2. The van der Waals surface area contributed by atoms with Gasteiger partial charge in [0, 0.05) is 11.4 Å². The van der Waals surface area contributed by atoms with Gasteiger partial charge in [0.15, 0.2) is 0 Å². The lowest BCUT2D eigenvalue weighted by Crippen LogP contribution is -2.40. The molecule has 0 saturated heterocycles. The maximum absolute atomic E-state index is 12.3. The average Bonchev–Trinajstić information content (AvgIpc) is 2.38. The van der Waals surface area contributed by atoms with E-state index in [9.17, 15) is 4.79 Å². The van der Waals surface area contributed by atoms with Gasteiger partial charge in [-0.3, -0.25) is 9.69 Å². The second-order valence-electron chi connectivity index (χ2n) is 5.90. The highest BCUT2D eigenvalue weighted by atomic mass is 16.2. The summed E-state index contributed by atoms with van der Waals surface area (Å²) in [6.45, 7) is 9.18. The molecule has 0 bridgehead atoms. The van der Waals surface area contributed by atoms with Gasteiger partial charge < -0.3 is 11.1 Å². The first-order valence-corrected chi connectivity index (χ1v) is 7.18. The number of carbonyl (C=O) groups excluding carboxylic acids is 1. The third kappa shape index (κ3) is 4.85. The van der Waals surface area contributed by atoms with Gasteiger partial charge in [0.25, 0.3) is 0 Å². The molecule has 3 N–H and O–H groups in total. The van der Waals surface area contributed by atoms with Crippen LogP contribution in [-0.2, 0) is 4.79 Å². The van der Waals surface area contributed by atoms with Crippen molar-refractivity contribution in [3.63, 3.8) is 0 Å². The van der Waals surface area contributed by atoms with Crippen LogP contribution in [0.5, 0.6) is 0 Å². The van der Waals surface area contributed by atoms with Gasteiger partial charge in [-0.1, -0.05) is 13.8 Å². The molecule has 1 unspecified atom stereocenters. The van der Waals surface area contributed by atoms with Crippen molar-refractivity contribution < 1.29 is 4.79 Å². The Balaban J connectivity index is 2.61. The fourth-order valence-electron chi connectivity index (χ4n) is 1.92. The minimum atomic E-state index is -0.147. The molecule has 1 rings (SSSR count). The summed E-state index contributed by atoms with van der Waals surface area (Å²) in [4.78, 5) is 14.3. The van der Waals surface area contributed by atoms with Crippen molar-refractivity contribution in [1.82, 2.24) is 4.90 Å². The van der Waals surface area contributed by atoms with Crippen LogP contribution in [0.4, 0.5) is 11.4 Å². The maximum Gasteiger partial charge on any atom is 0.241 e. The lowest BCUT2D eigenvalue weighted by atomic mass is 10.1. The van der Waals surface area contributed by atoms with Crippen LogP contribution < -0.4 is 11.1 Å². The molecular formula is C16H27N3O. The fourth-order valence-corrected chi connectivity index (χ4v) is 1.92. The zero-order valence-electron chi connectivity index (χ0n) is 13.2. The van der Waals surface area contributed by atoms with E-state index < -0.39 is 0 Å². The summed E-state index contributed by atoms with van der Waals surface area (Å²) in [5, 5.41) is 2.97. The molecular weight excluding hydrogens is 250 g/mol. The van der Waals surface area contributed by atoms with E-state index in [4.69, 9.17) is 5.73 Å². The van der Waals surface area contributed by atoms with Gasteiger partial charge >= 0.3 is 0 Å². The number of hydrogen-bond donors (Lipinski definition) is 2. The number of rotatable bonds is 6. The number of amides is 1. The van der Waals surface area contributed by atoms with Gasteiger partial charge in [-0.25, -0.2) is 0 Å². The van der Waals surface area contributed by atoms with E-state index in [2.05, 4.69) is 24.1 Å². The molecule has 0 aliphatic heterocycles. The summed E-state index contributed by atoms with van der Waals surface area (Å²) in [7, 11) is 1.99. The number of nitrogens with zero attached hydrogens (tertiary/aromatic N) is 1. The molecule has 1 amide bonds. The molecule has 0 aliphatic carbocycles. The average molecular weight is 277 g/mol. The Morgan fingerprint density at radius 3 is 2.55 bits per heavy atom. The quantitative estimate of drug-likeness (QED) is 0.786. The molecule has 0 spiro atoms. The number of benzene rings is 1. The van der Waals surface area contributed by atoms with Crippen molar-refractivity contribution >= 4 is 17.3 Å². The number of carbonyl (C=O) groups is 1. The highest BCUT2D eigenvalue weighted by molar-refractivity contribution is 5.95. The summed E-state index contributed by atoms with van der Waals surface area (Å²) in [6, 6.07) is 5.37. The van der Waals surface area contributed by atoms with E-state index >= 15 is 0 Å². The molecule has 112 valence electrons. The Morgan fingerprint density at radius 1 is 1.35 bits per heavy atom. The number of nitrogens with two attached hydrogens (primary N) is 1. The SMILES string of the molecule is Cc1cc(N)ccc1NC(=O)C(C)N(C)CCC(C)C. The first-order valence-electron chi connectivity index (χ1n) is 7.18. The second-order valence-corrected chi connectivity index (χ2v) is 5.90. The molecule has 4 heteroatoms. The van der Waals surface area contributed by atoms with Crippen molar-refractivity contribution in [2.24, 2.45) is 5.92 Å². The topological polar surface area (TPSA) is 58.4 Å². The Morgan fingerprint density at radius 2 is 2.00 bits per heavy atom. The van der Waals surface area contributed by atoms with Crippen LogP contribution in [0.25, 0.3) is 0 Å². The maximum atomic E-state index is 12.3. The molecule has 0 aliphatic rings. The monoisotopic (exact) mass is 277 g/mol. The fraction of sp³-hybridized carbons (Fsp3) is 0.562. The third-order valence-corrected chi connectivity index (χ3v) is 3.61. The van der Waals surface area contributed by atoms with Crippen LogP contribution in [0, 0.1) is 12.8 Å². The van der Waals surface area contributed by atoms with E-state index in [0.29, 0.717) is 11.6 Å². The Hall–Kier alpha value is -1.55. The summed E-state index contributed by atoms with van der Waals surface area (Å²) >= 11 is 0. The zero-order chi connectivity index (χ0) is 15.3. The second kappa shape index (κ2) is 7.29. The summed E-state index contributed by atoms with van der Waals surface area (Å²) < 4.78 is 0. The predicted molar refractivity (Wildman–Crippen MR) is 85.8 cm³/mol. The van der Waals surface area contributed by atoms with Crippen LogP contribution in [0.3, 0.4) is 0 Å². The third-order valence-electron chi connectivity index (χ3n) is 3.61. The van der Waals surface area contributed by atoms with Crippen molar-refractivity contribution in [2.75, 3.05) is 24.6 Å². The molecule has 4 nitrogen and oxygen atoms in total. The van der Waals surface area contributed by atoms with Crippen molar-refractivity contribution in [3.8, 4) is 0 Å². The van der Waals surface area contributed by atoms with Gasteiger partial charge in [-0.15, -0.1) is 0 Å². The number of nitrogens with one attached hydrogen (secondary N) is 1. The first-order chi connectivity index (χ1) is 9.31. The van der Waals surface area contributed by atoms with E-state index in [1.165, 1.54) is 0 Å². The smallest absolute Gasteiger partial charge is 0.241 e. The van der Waals surface area contributed by atoms with Gasteiger partial charge in [-0.05, 0) is 63.5 Å². The lowest BCUT2D eigenvalue weighted by Gasteiger charge is -2.25. The highest BCUT2D eigenvalue weighted by Gasteiger charge is 2.18. The van der Waals surface area contributed by atoms with Crippen molar-refractivity contribution in [3.05, 3.63) is 23.8 Å². The van der Waals surface area contributed by atoms with E-state index in [0.717, 1.165) is 24.2 Å². The van der Waals surface area contributed by atoms with Crippen LogP contribution in [0.2, 0.25) is 0 Å². The summed E-state index contributed by atoms with van der Waals surface area (Å²) in [5.41, 5.74) is 8.23. The minimum absolute atomic E-state index is 0.0177. The molecule has 0 saturated carbocycles. The highest BCUT2D eigenvalue weighted by Crippen LogP contribution is 2.18. The molecule has 1 aromatic carbocycles. The number of nitrogen functional groups attached to an aromatic ring is 1. The van der Waals surface area contributed by atoms with Gasteiger partial charge in [-0.2, -0.15) is 0 Å². The Labute approximate surface area is 122 Å². The standard InChI is InChI=1S/C16H27N3O/c1-11(2)8-9-19(5)13(4)16(20)18-15-7-6-14(17)10-12(15)3/h6-7,10-11,13H,8-9,17H2,1-5H3,(H,18,20). The van der Waals surface area contributed by atoms with Crippen LogP contribution >= 0.6 is 0 Å². The first kappa shape index (κ1) is 16.5. The number of hydrogen-bond acceptors (Lipinski definition) is 3. The molecule has 1 atom stereocenters. The molecule has 1 aromatic rings. The summed E-state index contributed by atoms with van der Waals surface area (Å²) in [6.07, 6.45) is 1.09. The van der Waals surface area contributed by atoms with Crippen molar-refractivity contribution in [1.29, 1.82) is 0 Å². The van der Waals surface area contributed by atoms with Gasteiger partial charge in [0.1, 0.15) is 0 Å². The molecule has 0 radical (unpaired) electrons. The van der Waals surface area contributed by atoms with E-state index in [1.807, 2.05) is 33.0 Å². The molecule has 20 heavy (non-hydrogen) atoms. The Bertz CT molecular complexity index is 457. The largest absolute Gasteiger partial charge is 0.399 e. The Kier molecular flexibility index (Phi) is 6.02. The van der Waals surface area contributed by atoms with Gasteiger partial charge in [0.2, 0.25) is 5.91 Å². The molecule has 0 fully saturated rings. The predicted octanol–water partition coefficient (Wildman–Crippen LogP) is 2.88. The van der Waals surface area contributed by atoms with Gasteiger partial charge in [0.05, 0.1) is 6.04 Å². The number of anilines is 2. The normalized spacial score (nSPS) is 12.8. The summed E-state index contributed by atoms with van der Waals surface area (Å²) in [5.74, 6) is 0.663. The van der Waals surface area contributed by atoms with Crippen molar-refractivity contribution in [2.45, 2.75) is 40.2 Å². The van der Waals surface area contributed by atoms with Crippen LogP contribution in [-0.4, -0.2) is 30.4 Å². The number of likely N-dealkylation sites (N-methyl/N-ethyl adjacent to an activating group) is 1. The number of aryl methyl sites for hydroxylation is 1. The molecule has 0 heterocycles. The molecule has 0 aromatic heterocycles. The lowest BCUT2D eigenvalue weighted by molar-refractivity contribution is -0.120. The minimum Gasteiger partial charge on any atom is -0.399 e. The van der Waals surface area contributed by atoms with Crippen LogP contribution in [0.15, 0.2) is 18.2 Å².